The molecule has 1 aromatic rings. The Hall–Kier alpha value is 0.140. The van der Waals surface area contributed by atoms with Crippen molar-refractivity contribution < 1.29 is 0 Å². The zero-order valence-electron chi connectivity index (χ0n) is 12.3. The van der Waals surface area contributed by atoms with Gasteiger partial charge in [-0.25, -0.2) is 0 Å². The van der Waals surface area contributed by atoms with Gasteiger partial charge in [-0.2, -0.15) is 0 Å². The second-order valence-electron chi connectivity index (χ2n) is 5.83. The fraction of sp³-hybridized carbons (Fsp3) is 0.750. The molecule has 1 saturated carbocycles. The third-order valence-corrected chi connectivity index (χ3v) is 6.77. The van der Waals surface area contributed by atoms with Gasteiger partial charge in [-0.3, -0.25) is 0 Å². The van der Waals surface area contributed by atoms with Crippen LogP contribution in [-0.2, 0) is 0 Å². The Morgan fingerprint density at radius 1 is 1.32 bits per heavy atom. The smallest absolute Gasteiger partial charge is 0.0731 e. The van der Waals surface area contributed by atoms with Crippen molar-refractivity contribution in [3.8, 4) is 0 Å². The molecule has 1 atom stereocenters. The van der Waals surface area contributed by atoms with Crippen LogP contribution in [0.15, 0.2) is 9.85 Å². The standard InChI is InChI=1S/C16H26BrNS/c1-4-12-6-8-13(9-7-12)15(18-5-2)14-10-11(3)16(17)19-14/h10,12-13,15,18H,4-9H2,1-3H3. The fourth-order valence-corrected chi connectivity index (χ4v) is 5.03. The highest BCUT2D eigenvalue weighted by Crippen LogP contribution is 2.41. The summed E-state index contributed by atoms with van der Waals surface area (Å²) < 4.78 is 1.30. The predicted octanol–water partition coefficient (Wildman–Crippen LogP) is 5.69. The van der Waals surface area contributed by atoms with E-state index in [0.717, 1.165) is 18.4 Å². The van der Waals surface area contributed by atoms with E-state index in [1.807, 2.05) is 11.3 Å². The van der Waals surface area contributed by atoms with Crippen LogP contribution < -0.4 is 5.32 Å². The van der Waals surface area contributed by atoms with Gasteiger partial charge < -0.3 is 5.32 Å². The van der Waals surface area contributed by atoms with Crippen molar-refractivity contribution >= 4 is 27.3 Å². The summed E-state index contributed by atoms with van der Waals surface area (Å²) in [5, 5.41) is 3.73. The van der Waals surface area contributed by atoms with Crippen LogP contribution in [-0.4, -0.2) is 6.54 Å². The number of aryl methyl sites for hydroxylation is 1. The fourth-order valence-electron chi connectivity index (χ4n) is 3.29. The minimum Gasteiger partial charge on any atom is -0.309 e. The molecule has 0 saturated heterocycles. The van der Waals surface area contributed by atoms with E-state index in [-0.39, 0.29) is 0 Å². The summed E-state index contributed by atoms with van der Waals surface area (Å²) in [5.41, 5.74) is 1.38. The lowest BCUT2D eigenvalue weighted by atomic mass is 9.77. The van der Waals surface area contributed by atoms with Gasteiger partial charge in [-0.15, -0.1) is 11.3 Å². The van der Waals surface area contributed by atoms with Gasteiger partial charge in [0.25, 0.3) is 0 Å². The van der Waals surface area contributed by atoms with Crippen LogP contribution in [0, 0.1) is 18.8 Å². The lowest BCUT2D eigenvalue weighted by Crippen LogP contribution is -2.30. The Morgan fingerprint density at radius 2 is 2.00 bits per heavy atom. The molecule has 108 valence electrons. The molecule has 1 aromatic heterocycles. The summed E-state index contributed by atoms with van der Waals surface area (Å²) in [4.78, 5) is 1.52. The molecule has 0 aromatic carbocycles. The first-order chi connectivity index (χ1) is 9.15. The van der Waals surface area contributed by atoms with Gasteiger partial charge in [0.15, 0.2) is 0 Å². The molecule has 1 heterocycles. The Kier molecular flexibility index (Phi) is 5.91. The normalized spacial score (nSPS) is 25.5. The van der Waals surface area contributed by atoms with Gasteiger partial charge in [0.2, 0.25) is 0 Å². The Bertz CT molecular complexity index is 374. The summed E-state index contributed by atoms with van der Waals surface area (Å²) in [6, 6.07) is 2.94. The maximum absolute atomic E-state index is 3.73. The molecule has 1 fully saturated rings. The summed E-state index contributed by atoms with van der Waals surface area (Å²) in [6.07, 6.45) is 7.00. The molecule has 0 aliphatic heterocycles. The van der Waals surface area contributed by atoms with E-state index in [1.54, 1.807) is 0 Å². The number of halogens is 1. The van der Waals surface area contributed by atoms with Crippen LogP contribution in [0.3, 0.4) is 0 Å². The lowest BCUT2D eigenvalue weighted by Gasteiger charge is -2.33. The van der Waals surface area contributed by atoms with E-state index in [9.17, 15) is 0 Å². The molecule has 3 heteroatoms. The number of hydrogen-bond acceptors (Lipinski definition) is 2. The van der Waals surface area contributed by atoms with Crippen molar-refractivity contribution in [3.63, 3.8) is 0 Å². The highest BCUT2D eigenvalue weighted by Gasteiger charge is 2.28. The Labute approximate surface area is 130 Å². The van der Waals surface area contributed by atoms with Crippen LogP contribution in [0.1, 0.15) is 62.4 Å². The second kappa shape index (κ2) is 7.24. The van der Waals surface area contributed by atoms with Crippen LogP contribution in [0.25, 0.3) is 0 Å². The van der Waals surface area contributed by atoms with E-state index in [1.165, 1.54) is 46.3 Å². The van der Waals surface area contributed by atoms with E-state index in [4.69, 9.17) is 0 Å². The monoisotopic (exact) mass is 343 g/mol. The van der Waals surface area contributed by atoms with Crippen molar-refractivity contribution in [1.29, 1.82) is 0 Å². The zero-order valence-corrected chi connectivity index (χ0v) is 14.7. The van der Waals surface area contributed by atoms with Gasteiger partial charge in [0.05, 0.1) is 3.79 Å². The van der Waals surface area contributed by atoms with Crippen molar-refractivity contribution in [2.75, 3.05) is 6.54 Å². The van der Waals surface area contributed by atoms with Gasteiger partial charge in [0.1, 0.15) is 0 Å². The highest BCUT2D eigenvalue weighted by molar-refractivity contribution is 9.11. The number of nitrogens with one attached hydrogen (secondary N) is 1. The summed E-state index contributed by atoms with van der Waals surface area (Å²) >= 11 is 5.59. The number of thiophene rings is 1. The third-order valence-electron chi connectivity index (χ3n) is 4.55. The van der Waals surface area contributed by atoms with Gasteiger partial charge >= 0.3 is 0 Å². The molecule has 1 aliphatic carbocycles. The molecular formula is C16H26BrNS. The summed E-state index contributed by atoms with van der Waals surface area (Å²) in [7, 11) is 0. The first-order valence-corrected chi connectivity index (χ1v) is 9.25. The van der Waals surface area contributed by atoms with E-state index >= 15 is 0 Å². The summed E-state index contributed by atoms with van der Waals surface area (Å²) in [5.74, 6) is 1.81. The van der Waals surface area contributed by atoms with Crippen molar-refractivity contribution in [1.82, 2.24) is 5.32 Å². The Morgan fingerprint density at radius 3 is 2.47 bits per heavy atom. The zero-order chi connectivity index (χ0) is 13.8. The van der Waals surface area contributed by atoms with Crippen LogP contribution in [0.5, 0.6) is 0 Å². The third kappa shape index (κ3) is 3.83. The maximum Gasteiger partial charge on any atom is 0.0731 e. The lowest BCUT2D eigenvalue weighted by molar-refractivity contribution is 0.222. The molecule has 1 nitrogen and oxygen atoms in total. The van der Waals surface area contributed by atoms with Crippen molar-refractivity contribution in [2.45, 2.75) is 58.9 Å². The molecule has 19 heavy (non-hydrogen) atoms. The predicted molar refractivity (Wildman–Crippen MR) is 88.9 cm³/mol. The van der Waals surface area contributed by atoms with Crippen LogP contribution in [0.2, 0.25) is 0 Å². The van der Waals surface area contributed by atoms with Crippen molar-refractivity contribution in [2.24, 2.45) is 11.8 Å². The quantitative estimate of drug-likeness (QED) is 0.724. The van der Waals surface area contributed by atoms with E-state index in [0.29, 0.717) is 6.04 Å². The molecular weight excluding hydrogens is 318 g/mol. The average molecular weight is 344 g/mol. The highest BCUT2D eigenvalue weighted by atomic mass is 79.9. The van der Waals surface area contributed by atoms with Gasteiger partial charge in [0, 0.05) is 10.9 Å². The van der Waals surface area contributed by atoms with Crippen molar-refractivity contribution in [3.05, 3.63) is 20.3 Å². The first kappa shape index (κ1) is 15.5. The van der Waals surface area contributed by atoms with Crippen LogP contribution >= 0.6 is 27.3 Å². The molecule has 1 N–H and O–H groups in total. The van der Waals surface area contributed by atoms with Gasteiger partial charge in [-0.05, 0) is 65.7 Å². The topological polar surface area (TPSA) is 12.0 Å². The average Bonchev–Trinajstić information content (AvgIpc) is 2.76. The summed E-state index contributed by atoms with van der Waals surface area (Å²) in [6.45, 7) is 7.82. The van der Waals surface area contributed by atoms with Crippen LogP contribution in [0.4, 0.5) is 0 Å². The minimum atomic E-state index is 0.567. The molecule has 2 rings (SSSR count). The number of rotatable bonds is 5. The maximum atomic E-state index is 3.73. The minimum absolute atomic E-state index is 0.567. The molecule has 0 amide bonds. The largest absolute Gasteiger partial charge is 0.309 e. The molecule has 1 aliphatic rings. The SMILES string of the molecule is CCNC(c1cc(C)c(Br)s1)C1CCC(CC)CC1. The second-order valence-corrected chi connectivity index (χ2v) is 8.23. The Balaban J connectivity index is 2.08. The molecule has 0 spiro atoms. The first-order valence-electron chi connectivity index (χ1n) is 7.64. The number of hydrogen-bond donors (Lipinski definition) is 1. The molecule has 1 unspecified atom stereocenters. The molecule has 0 radical (unpaired) electrons. The van der Waals surface area contributed by atoms with Gasteiger partial charge in [-0.1, -0.05) is 33.1 Å². The van der Waals surface area contributed by atoms with E-state index < -0.39 is 0 Å². The van der Waals surface area contributed by atoms with E-state index in [2.05, 4.69) is 48.1 Å². The molecule has 0 bridgehead atoms.